The van der Waals surface area contributed by atoms with E-state index in [1.165, 1.54) is 0 Å². The largest absolute Gasteiger partial charge is 0.490 e. The van der Waals surface area contributed by atoms with Crippen molar-refractivity contribution in [3.63, 3.8) is 0 Å². The first-order chi connectivity index (χ1) is 12.5. The van der Waals surface area contributed by atoms with E-state index < -0.39 is 0 Å². The highest BCUT2D eigenvalue weighted by molar-refractivity contribution is 9.10. The van der Waals surface area contributed by atoms with Crippen LogP contribution in [0.3, 0.4) is 0 Å². The molecule has 0 aliphatic heterocycles. The van der Waals surface area contributed by atoms with E-state index in [-0.39, 0.29) is 24.8 Å². The van der Waals surface area contributed by atoms with E-state index in [1.54, 1.807) is 0 Å². The predicted molar refractivity (Wildman–Crippen MR) is 126 cm³/mol. The molecule has 2 aromatic carbocycles. The number of rotatable bonds is 10. The van der Waals surface area contributed by atoms with Crippen molar-refractivity contribution in [3.05, 3.63) is 57.0 Å². The van der Waals surface area contributed by atoms with Crippen LogP contribution in [0.5, 0.6) is 11.5 Å². The maximum atomic E-state index is 6.02. The zero-order valence-electron chi connectivity index (χ0n) is 16.3. The lowest BCUT2D eigenvalue weighted by Crippen LogP contribution is -2.26. The molecule has 0 atom stereocenters. The fourth-order valence-corrected chi connectivity index (χ4v) is 3.13. The SMILES string of the molecule is CCOc1cc(CNCCN(C)C)cc(Br)c1OCc1ccc(Cl)cc1.Cl.Cl. The molecule has 2 aromatic rings. The van der Waals surface area contributed by atoms with Crippen LogP contribution >= 0.6 is 52.3 Å². The minimum Gasteiger partial charge on any atom is -0.490 e. The molecule has 0 radical (unpaired) electrons. The van der Waals surface area contributed by atoms with Gasteiger partial charge in [0.2, 0.25) is 0 Å². The molecule has 0 fully saturated rings. The Labute approximate surface area is 193 Å². The number of nitrogens with zero attached hydrogens (tertiary/aromatic N) is 1. The number of hydrogen-bond donors (Lipinski definition) is 1. The van der Waals surface area contributed by atoms with Gasteiger partial charge < -0.3 is 19.7 Å². The lowest BCUT2D eigenvalue weighted by atomic mass is 10.2. The molecule has 0 bridgehead atoms. The summed E-state index contributed by atoms with van der Waals surface area (Å²) in [5.41, 5.74) is 2.20. The highest BCUT2D eigenvalue weighted by Crippen LogP contribution is 2.37. The first kappa shape index (κ1) is 27.3. The Bertz CT molecular complexity index is 701. The molecule has 28 heavy (non-hydrogen) atoms. The highest BCUT2D eigenvalue weighted by Gasteiger charge is 2.12. The third-order valence-corrected chi connectivity index (χ3v) is 4.57. The van der Waals surface area contributed by atoms with E-state index in [0.29, 0.717) is 13.2 Å². The van der Waals surface area contributed by atoms with Gasteiger partial charge in [-0.3, -0.25) is 0 Å². The highest BCUT2D eigenvalue weighted by atomic mass is 79.9. The second-order valence-corrected chi connectivity index (χ2v) is 7.52. The average molecular weight is 515 g/mol. The number of hydrogen-bond acceptors (Lipinski definition) is 4. The van der Waals surface area contributed by atoms with Gasteiger partial charge in [0.05, 0.1) is 11.1 Å². The molecule has 0 aliphatic rings. The van der Waals surface area contributed by atoms with Crippen LogP contribution in [0.4, 0.5) is 0 Å². The summed E-state index contributed by atoms with van der Waals surface area (Å²) in [7, 11) is 4.14. The van der Waals surface area contributed by atoms with Crippen LogP contribution in [0.15, 0.2) is 40.9 Å². The van der Waals surface area contributed by atoms with E-state index in [0.717, 1.165) is 51.8 Å². The summed E-state index contributed by atoms with van der Waals surface area (Å²) < 4.78 is 12.7. The van der Waals surface area contributed by atoms with Crippen LogP contribution in [-0.2, 0) is 13.2 Å². The monoisotopic (exact) mass is 512 g/mol. The molecular formula is C20H28BrCl3N2O2. The Morgan fingerprint density at radius 1 is 1.04 bits per heavy atom. The molecule has 4 nitrogen and oxygen atoms in total. The molecule has 0 aromatic heterocycles. The van der Waals surface area contributed by atoms with Crippen LogP contribution in [-0.4, -0.2) is 38.7 Å². The molecular weight excluding hydrogens is 486 g/mol. The normalized spacial score (nSPS) is 10.2. The molecule has 0 aliphatic carbocycles. The van der Waals surface area contributed by atoms with E-state index in [1.807, 2.05) is 37.3 Å². The summed E-state index contributed by atoms with van der Waals surface area (Å²) in [4.78, 5) is 2.16. The summed E-state index contributed by atoms with van der Waals surface area (Å²) in [6.45, 7) is 5.73. The second-order valence-electron chi connectivity index (χ2n) is 6.23. The smallest absolute Gasteiger partial charge is 0.175 e. The third-order valence-electron chi connectivity index (χ3n) is 3.73. The van der Waals surface area contributed by atoms with E-state index >= 15 is 0 Å². The number of ether oxygens (including phenoxy) is 2. The van der Waals surface area contributed by atoms with Gasteiger partial charge in [0.15, 0.2) is 11.5 Å². The van der Waals surface area contributed by atoms with Gasteiger partial charge in [-0.05, 0) is 72.3 Å². The fraction of sp³-hybridized carbons (Fsp3) is 0.400. The quantitative estimate of drug-likeness (QED) is 0.420. The molecule has 0 amide bonds. The minimum atomic E-state index is 0. The number of benzene rings is 2. The van der Waals surface area contributed by atoms with Crippen molar-refractivity contribution >= 4 is 52.3 Å². The summed E-state index contributed by atoms with van der Waals surface area (Å²) >= 11 is 9.55. The van der Waals surface area contributed by atoms with Crippen molar-refractivity contribution in [1.82, 2.24) is 10.2 Å². The van der Waals surface area contributed by atoms with Gasteiger partial charge in [0.1, 0.15) is 6.61 Å². The van der Waals surface area contributed by atoms with Gasteiger partial charge in [-0.15, -0.1) is 24.8 Å². The molecule has 0 unspecified atom stereocenters. The van der Waals surface area contributed by atoms with Gasteiger partial charge in [-0.1, -0.05) is 23.7 Å². The van der Waals surface area contributed by atoms with Crippen LogP contribution in [0.1, 0.15) is 18.1 Å². The first-order valence-electron chi connectivity index (χ1n) is 8.67. The van der Waals surface area contributed by atoms with Crippen molar-refractivity contribution < 1.29 is 9.47 Å². The van der Waals surface area contributed by atoms with E-state index in [4.69, 9.17) is 21.1 Å². The summed E-state index contributed by atoms with van der Waals surface area (Å²) in [6, 6.07) is 11.7. The summed E-state index contributed by atoms with van der Waals surface area (Å²) in [5, 5.41) is 4.16. The molecule has 158 valence electrons. The molecule has 0 saturated heterocycles. The molecule has 0 heterocycles. The van der Waals surface area contributed by atoms with Gasteiger partial charge in [0, 0.05) is 24.7 Å². The number of nitrogens with one attached hydrogen (secondary N) is 1. The molecule has 1 N–H and O–H groups in total. The maximum absolute atomic E-state index is 6.02. The Kier molecular flexibility index (Phi) is 14.0. The summed E-state index contributed by atoms with van der Waals surface area (Å²) in [5.74, 6) is 1.47. The number of halogens is 4. The first-order valence-corrected chi connectivity index (χ1v) is 9.84. The van der Waals surface area contributed by atoms with Crippen LogP contribution in [0.25, 0.3) is 0 Å². The Morgan fingerprint density at radius 3 is 2.32 bits per heavy atom. The van der Waals surface area contributed by atoms with Gasteiger partial charge in [0.25, 0.3) is 0 Å². The van der Waals surface area contributed by atoms with Crippen molar-refractivity contribution in [3.8, 4) is 11.5 Å². The Morgan fingerprint density at radius 2 is 1.71 bits per heavy atom. The van der Waals surface area contributed by atoms with E-state index in [9.17, 15) is 0 Å². The van der Waals surface area contributed by atoms with Gasteiger partial charge in [-0.25, -0.2) is 0 Å². The van der Waals surface area contributed by atoms with Crippen LogP contribution in [0, 0.1) is 0 Å². The van der Waals surface area contributed by atoms with Crippen molar-refractivity contribution in [2.45, 2.75) is 20.1 Å². The van der Waals surface area contributed by atoms with E-state index in [2.05, 4.69) is 46.3 Å². The summed E-state index contributed by atoms with van der Waals surface area (Å²) in [6.07, 6.45) is 0. The topological polar surface area (TPSA) is 33.7 Å². The lowest BCUT2D eigenvalue weighted by molar-refractivity contribution is 0.267. The maximum Gasteiger partial charge on any atom is 0.175 e. The predicted octanol–water partition coefficient (Wildman–Crippen LogP) is 5.58. The van der Waals surface area contributed by atoms with Crippen molar-refractivity contribution in [2.24, 2.45) is 0 Å². The van der Waals surface area contributed by atoms with Crippen molar-refractivity contribution in [1.29, 1.82) is 0 Å². The second kappa shape index (κ2) is 14.3. The molecule has 0 saturated carbocycles. The Balaban J connectivity index is 0.00000364. The van der Waals surface area contributed by atoms with Crippen LogP contribution < -0.4 is 14.8 Å². The molecule has 2 rings (SSSR count). The fourth-order valence-electron chi connectivity index (χ4n) is 2.40. The minimum absolute atomic E-state index is 0. The third kappa shape index (κ3) is 9.21. The average Bonchev–Trinajstić information content (AvgIpc) is 2.59. The molecule has 8 heteroatoms. The zero-order chi connectivity index (χ0) is 18.9. The standard InChI is InChI=1S/C20H26BrClN2O2.2ClH/c1-4-25-19-12-16(13-23-9-10-24(2)3)11-18(21)20(19)26-14-15-5-7-17(22)8-6-15;;/h5-8,11-12,23H,4,9-10,13-14H2,1-3H3;2*1H. The van der Waals surface area contributed by atoms with Gasteiger partial charge >= 0.3 is 0 Å². The van der Waals surface area contributed by atoms with Crippen LogP contribution in [0.2, 0.25) is 5.02 Å². The lowest BCUT2D eigenvalue weighted by Gasteiger charge is -2.16. The van der Waals surface area contributed by atoms with Gasteiger partial charge in [-0.2, -0.15) is 0 Å². The number of likely N-dealkylation sites (N-methyl/N-ethyl adjacent to an activating group) is 1. The van der Waals surface area contributed by atoms with Crippen molar-refractivity contribution in [2.75, 3.05) is 33.8 Å². The Hall–Kier alpha value is -0.690. The zero-order valence-corrected chi connectivity index (χ0v) is 20.3. The molecule has 0 spiro atoms.